The maximum atomic E-state index is 12.3. The van der Waals surface area contributed by atoms with Crippen molar-refractivity contribution in [2.45, 2.75) is 13.0 Å². The minimum absolute atomic E-state index is 0.262. The Morgan fingerprint density at radius 1 is 1.12 bits per heavy atom. The second kappa shape index (κ2) is 6.04. The highest BCUT2D eigenvalue weighted by molar-refractivity contribution is 6.06. The largest absolute Gasteiger partial charge is 0.479 e. The van der Waals surface area contributed by atoms with Crippen molar-refractivity contribution in [2.24, 2.45) is 5.73 Å². The molecule has 2 aromatic carbocycles. The average molecular weight is 325 g/mol. The van der Waals surface area contributed by atoms with Crippen LogP contribution in [0.2, 0.25) is 0 Å². The minimum Gasteiger partial charge on any atom is -0.479 e. The van der Waals surface area contributed by atoms with Crippen LogP contribution in [0.15, 0.2) is 42.5 Å². The number of amides is 3. The molecule has 1 heterocycles. The Balaban J connectivity index is 1.77. The summed E-state index contributed by atoms with van der Waals surface area (Å²) in [6.45, 7) is 1.65. The van der Waals surface area contributed by atoms with E-state index in [-0.39, 0.29) is 11.8 Å². The molecule has 0 radical (unpaired) electrons. The zero-order valence-corrected chi connectivity index (χ0v) is 12.8. The first-order valence-corrected chi connectivity index (χ1v) is 7.27. The third-order valence-electron chi connectivity index (χ3n) is 3.60. The third-order valence-corrected chi connectivity index (χ3v) is 3.60. The van der Waals surface area contributed by atoms with Crippen molar-refractivity contribution >= 4 is 29.1 Å². The van der Waals surface area contributed by atoms with Crippen LogP contribution in [0, 0.1) is 0 Å². The highest BCUT2D eigenvalue weighted by atomic mass is 16.5. The molecule has 0 fully saturated rings. The lowest BCUT2D eigenvalue weighted by atomic mass is 10.1. The molecule has 4 N–H and O–H groups in total. The summed E-state index contributed by atoms with van der Waals surface area (Å²) in [5.74, 6) is -0.628. The van der Waals surface area contributed by atoms with Gasteiger partial charge in [0.2, 0.25) is 5.91 Å². The number of fused-ring (bicyclic) bond motifs is 1. The smallest absolute Gasteiger partial charge is 0.265 e. The van der Waals surface area contributed by atoms with Crippen LogP contribution < -0.4 is 21.1 Å². The summed E-state index contributed by atoms with van der Waals surface area (Å²) in [4.78, 5) is 35.0. The Kier molecular flexibility index (Phi) is 3.91. The van der Waals surface area contributed by atoms with Crippen molar-refractivity contribution in [1.82, 2.24) is 0 Å². The molecule has 0 saturated carbocycles. The molecule has 0 aliphatic carbocycles. The van der Waals surface area contributed by atoms with Crippen LogP contribution >= 0.6 is 0 Å². The normalized spacial score (nSPS) is 15.7. The molecular weight excluding hydrogens is 310 g/mol. The summed E-state index contributed by atoms with van der Waals surface area (Å²) >= 11 is 0. The first-order valence-electron chi connectivity index (χ1n) is 7.27. The molecule has 3 rings (SSSR count). The molecule has 1 atom stereocenters. The number of hydrogen-bond acceptors (Lipinski definition) is 4. The number of anilines is 2. The second-order valence-corrected chi connectivity index (χ2v) is 5.36. The standard InChI is InChI=1S/C17H15N3O4/c1-9-16(22)20-13-8-11(4-7-14(13)24-9)17(23)19-12-5-2-10(3-6-12)15(18)21/h2-9H,1H3,(H2,18,21)(H,19,23)(H,20,22). The molecule has 122 valence electrons. The van der Waals surface area contributed by atoms with Crippen LogP contribution in [0.5, 0.6) is 5.75 Å². The van der Waals surface area contributed by atoms with Crippen molar-refractivity contribution in [3.05, 3.63) is 53.6 Å². The lowest BCUT2D eigenvalue weighted by Crippen LogP contribution is -2.34. The molecule has 0 aromatic heterocycles. The van der Waals surface area contributed by atoms with Crippen LogP contribution in [-0.2, 0) is 4.79 Å². The van der Waals surface area contributed by atoms with Gasteiger partial charge >= 0.3 is 0 Å². The summed E-state index contributed by atoms with van der Waals surface area (Å²) in [5, 5.41) is 5.40. The highest BCUT2D eigenvalue weighted by Gasteiger charge is 2.24. The van der Waals surface area contributed by atoms with E-state index in [0.29, 0.717) is 28.3 Å². The van der Waals surface area contributed by atoms with E-state index in [0.717, 1.165) is 0 Å². The van der Waals surface area contributed by atoms with Gasteiger partial charge in [-0.2, -0.15) is 0 Å². The quantitative estimate of drug-likeness (QED) is 0.798. The third kappa shape index (κ3) is 3.05. The summed E-state index contributed by atoms with van der Waals surface area (Å²) in [6, 6.07) is 11.0. The number of hydrogen-bond donors (Lipinski definition) is 3. The molecule has 7 nitrogen and oxygen atoms in total. The van der Waals surface area contributed by atoms with Gasteiger partial charge in [-0.15, -0.1) is 0 Å². The number of nitrogens with two attached hydrogens (primary N) is 1. The SMILES string of the molecule is CC1Oc2ccc(C(=O)Nc3ccc(C(N)=O)cc3)cc2NC1=O. The number of rotatable bonds is 3. The Morgan fingerprint density at radius 2 is 1.79 bits per heavy atom. The number of carbonyl (C=O) groups is 3. The average Bonchev–Trinajstić information content (AvgIpc) is 2.56. The van der Waals surface area contributed by atoms with Gasteiger partial charge in [0.05, 0.1) is 5.69 Å². The number of carbonyl (C=O) groups excluding carboxylic acids is 3. The maximum absolute atomic E-state index is 12.3. The Morgan fingerprint density at radius 3 is 2.46 bits per heavy atom. The lowest BCUT2D eigenvalue weighted by Gasteiger charge is -2.23. The molecule has 7 heteroatoms. The van der Waals surface area contributed by atoms with Crippen LogP contribution in [0.4, 0.5) is 11.4 Å². The zero-order chi connectivity index (χ0) is 17.3. The molecule has 2 aromatic rings. The fraction of sp³-hybridized carbons (Fsp3) is 0.118. The zero-order valence-electron chi connectivity index (χ0n) is 12.8. The van der Waals surface area contributed by atoms with Crippen molar-refractivity contribution in [3.8, 4) is 5.75 Å². The van der Waals surface area contributed by atoms with E-state index in [1.807, 2.05) is 0 Å². The molecule has 3 amide bonds. The minimum atomic E-state index is -0.569. The van der Waals surface area contributed by atoms with Crippen LogP contribution in [0.25, 0.3) is 0 Å². The molecule has 0 spiro atoms. The van der Waals surface area contributed by atoms with Crippen LogP contribution in [0.1, 0.15) is 27.6 Å². The first kappa shape index (κ1) is 15.5. The van der Waals surface area contributed by atoms with Gasteiger partial charge in [0, 0.05) is 16.8 Å². The van der Waals surface area contributed by atoms with Crippen molar-refractivity contribution in [2.75, 3.05) is 10.6 Å². The Bertz CT molecular complexity index is 830. The highest BCUT2D eigenvalue weighted by Crippen LogP contribution is 2.30. The second-order valence-electron chi connectivity index (χ2n) is 5.36. The van der Waals surface area contributed by atoms with Gasteiger partial charge in [0.25, 0.3) is 11.8 Å². The van der Waals surface area contributed by atoms with Crippen LogP contribution in [-0.4, -0.2) is 23.8 Å². The van der Waals surface area contributed by atoms with Gasteiger partial charge in [-0.05, 0) is 49.4 Å². The van der Waals surface area contributed by atoms with Gasteiger partial charge in [0.1, 0.15) is 5.75 Å². The number of primary amides is 1. The van der Waals surface area contributed by atoms with E-state index < -0.39 is 12.0 Å². The fourth-order valence-electron chi connectivity index (χ4n) is 2.27. The molecular formula is C17H15N3O4. The first-order chi connectivity index (χ1) is 11.4. The number of nitrogens with one attached hydrogen (secondary N) is 2. The van der Waals surface area contributed by atoms with Crippen molar-refractivity contribution in [3.63, 3.8) is 0 Å². The summed E-state index contributed by atoms with van der Waals surface area (Å²) < 4.78 is 5.45. The molecule has 1 unspecified atom stereocenters. The predicted octanol–water partition coefficient (Wildman–Crippen LogP) is 1.76. The summed E-state index contributed by atoms with van der Waals surface area (Å²) in [6.07, 6.45) is -0.569. The summed E-state index contributed by atoms with van der Waals surface area (Å²) in [5.41, 5.74) is 6.87. The topological polar surface area (TPSA) is 111 Å². The molecule has 1 aliphatic rings. The molecule has 0 bridgehead atoms. The van der Waals surface area contributed by atoms with Gasteiger partial charge in [-0.25, -0.2) is 0 Å². The Labute approximate surface area is 137 Å². The van der Waals surface area contributed by atoms with E-state index in [2.05, 4.69) is 10.6 Å². The molecule has 24 heavy (non-hydrogen) atoms. The monoisotopic (exact) mass is 325 g/mol. The van der Waals surface area contributed by atoms with Gasteiger partial charge in [0.15, 0.2) is 6.10 Å². The fourth-order valence-corrected chi connectivity index (χ4v) is 2.27. The van der Waals surface area contributed by atoms with E-state index in [1.165, 1.54) is 12.1 Å². The van der Waals surface area contributed by atoms with E-state index in [9.17, 15) is 14.4 Å². The van der Waals surface area contributed by atoms with Gasteiger partial charge in [-0.3, -0.25) is 14.4 Å². The van der Waals surface area contributed by atoms with Crippen molar-refractivity contribution in [1.29, 1.82) is 0 Å². The molecule has 1 aliphatic heterocycles. The number of benzene rings is 2. The van der Waals surface area contributed by atoms with E-state index in [4.69, 9.17) is 10.5 Å². The van der Waals surface area contributed by atoms with E-state index in [1.54, 1.807) is 37.3 Å². The molecule has 0 saturated heterocycles. The van der Waals surface area contributed by atoms with Crippen molar-refractivity contribution < 1.29 is 19.1 Å². The number of ether oxygens (including phenoxy) is 1. The van der Waals surface area contributed by atoms with Gasteiger partial charge < -0.3 is 21.1 Å². The van der Waals surface area contributed by atoms with Crippen LogP contribution in [0.3, 0.4) is 0 Å². The Hall–Kier alpha value is -3.35. The van der Waals surface area contributed by atoms with Gasteiger partial charge in [-0.1, -0.05) is 0 Å². The summed E-state index contributed by atoms with van der Waals surface area (Å²) in [7, 11) is 0. The lowest BCUT2D eigenvalue weighted by molar-refractivity contribution is -0.122. The van der Waals surface area contributed by atoms with E-state index >= 15 is 0 Å². The maximum Gasteiger partial charge on any atom is 0.265 e. The predicted molar refractivity (Wildman–Crippen MR) is 88.1 cm³/mol.